The van der Waals surface area contributed by atoms with Gasteiger partial charge in [-0.3, -0.25) is 9.36 Å². The van der Waals surface area contributed by atoms with Gasteiger partial charge in [0.1, 0.15) is 5.75 Å². The van der Waals surface area contributed by atoms with E-state index in [2.05, 4.69) is 17.1 Å². The fourth-order valence-electron chi connectivity index (χ4n) is 3.29. The number of aryl methyl sites for hydroxylation is 1. The summed E-state index contributed by atoms with van der Waals surface area (Å²) in [5.41, 5.74) is 1.15. The molecule has 2 aromatic heterocycles. The monoisotopic (exact) mass is 436 g/mol. The molecule has 0 saturated carbocycles. The standard InChI is InChI=1S/C23H24N4O3S/c1-4-10-20-25-21(30-26-20)15(3)31-23-24-17-12-7-6-11-16(17)22(28)27(23)18-13-8-9-14-19(18)29-5-2/h6-9,11-15H,4-5,10H2,1-3H3/t15-/m1/s1. The molecule has 7 nitrogen and oxygen atoms in total. The largest absolute Gasteiger partial charge is 0.492 e. The van der Waals surface area contributed by atoms with E-state index in [4.69, 9.17) is 14.2 Å². The van der Waals surface area contributed by atoms with Crippen LogP contribution in [-0.4, -0.2) is 26.3 Å². The first-order chi connectivity index (χ1) is 15.1. The van der Waals surface area contributed by atoms with Crippen molar-refractivity contribution in [1.29, 1.82) is 0 Å². The van der Waals surface area contributed by atoms with Crippen LogP contribution in [0, 0.1) is 0 Å². The van der Waals surface area contributed by atoms with Gasteiger partial charge in [-0.25, -0.2) is 4.98 Å². The Balaban J connectivity index is 1.84. The highest BCUT2D eigenvalue weighted by Crippen LogP contribution is 2.35. The van der Waals surface area contributed by atoms with Crippen molar-refractivity contribution in [2.24, 2.45) is 0 Å². The number of hydrogen-bond donors (Lipinski definition) is 0. The molecule has 8 heteroatoms. The first-order valence-electron chi connectivity index (χ1n) is 10.4. The number of rotatable bonds is 8. The smallest absolute Gasteiger partial charge is 0.266 e. The fraction of sp³-hybridized carbons (Fsp3) is 0.304. The number of ether oxygens (including phenoxy) is 1. The summed E-state index contributed by atoms with van der Waals surface area (Å²) >= 11 is 1.41. The zero-order valence-electron chi connectivity index (χ0n) is 17.7. The van der Waals surface area contributed by atoms with Gasteiger partial charge in [-0.1, -0.05) is 48.1 Å². The van der Waals surface area contributed by atoms with Crippen LogP contribution in [0.15, 0.2) is 63.0 Å². The number of thioether (sulfide) groups is 1. The molecule has 2 heterocycles. The van der Waals surface area contributed by atoms with Crippen molar-refractivity contribution < 1.29 is 9.26 Å². The van der Waals surface area contributed by atoms with E-state index in [9.17, 15) is 4.79 Å². The minimum atomic E-state index is -0.184. The normalized spacial score (nSPS) is 12.2. The molecule has 0 radical (unpaired) electrons. The van der Waals surface area contributed by atoms with Crippen molar-refractivity contribution in [1.82, 2.24) is 19.7 Å². The lowest BCUT2D eigenvalue weighted by atomic mass is 10.2. The van der Waals surface area contributed by atoms with E-state index in [1.165, 1.54) is 11.8 Å². The van der Waals surface area contributed by atoms with Gasteiger partial charge in [0.15, 0.2) is 11.0 Å². The molecule has 0 aliphatic carbocycles. The molecule has 0 saturated heterocycles. The highest BCUT2D eigenvalue weighted by atomic mass is 32.2. The minimum absolute atomic E-state index is 0.148. The van der Waals surface area contributed by atoms with E-state index < -0.39 is 0 Å². The molecular weight excluding hydrogens is 412 g/mol. The van der Waals surface area contributed by atoms with Crippen LogP contribution in [-0.2, 0) is 6.42 Å². The predicted molar refractivity (Wildman–Crippen MR) is 121 cm³/mol. The van der Waals surface area contributed by atoms with Gasteiger partial charge >= 0.3 is 0 Å². The Bertz CT molecular complexity index is 1250. The summed E-state index contributed by atoms with van der Waals surface area (Å²) in [4.78, 5) is 22.8. The Hall–Kier alpha value is -3.13. The molecule has 4 aromatic rings. The second kappa shape index (κ2) is 9.34. The van der Waals surface area contributed by atoms with E-state index in [1.54, 1.807) is 10.6 Å². The van der Waals surface area contributed by atoms with Crippen molar-refractivity contribution in [2.45, 2.75) is 44.0 Å². The molecule has 0 aliphatic rings. The Morgan fingerprint density at radius 3 is 2.68 bits per heavy atom. The van der Waals surface area contributed by atoms with Gasteiger partial charge in [0.05, 0.1) is 28.4 Å². The second-order valence-electron chi connectivity index (χ2n) is 7.01. The second-order valence-corrected chi connectivity index (χ2v) is 8.32. The Labute approximate surface area is 184 Å². The molecule has 2 aromatic carbocycles. The number of nitrogens with zero attached hydrogens (tertiary/aromatic N) is 4. The third-order valence-electron chi connectivity index (χ3n) is 4.74. The molecule has 0 unspecified atom stereocenters. The molecule has 1 atom stereocenters. The highest BCUT2D eigenvalue weighted by Gasteiger charge is 2.22. The van der Waals surface area contributed by atoms with Gasteiger partial charge in [0.2, 0.25) is 5.89 Å². The number of aromatic nitrogens is 4. The SMILES string of the molecule is CCCc1noc([C@@H](C)Sc2nc3ccccc3c(=O)n2-c2ccccc2OCC)n1. The number of para-hydroxylation sites is 3. The average Bonchev–Trinajstić information content (AvgIpc) is 3.24. The van der Waals surface area contributed by atoms with Crippen LogP contribution in [0.1, 0.15) is 44.2 Å². The summed E-state index contributed by atoms with van der Waals surface area (Å²) in [5.74, 6) is 1.83. The zero-order valence-corrected chi connectivity index (χ0v) is 18.6. The molecule has 0 fully saturated rings. The third kappa shape index (κ3) is 4.34. The van der Waals surface area contributed by atoms with Crippen LogP contribution in [0.5, 0.6) is 5.75 Å². The molecule has 160 valence electrons. The van der Waals surface area contributed by atoms with Crippen molar-refractivity contribution in [3.8, 4) is 11.4 Å². The van der Waals surface area contributed by atoms with Crippen LogP contribution in [0.2, 0.25) is 0 Å². The van der Waals surface area contributed by atoms with Crippen molar-refractivity contribution in [3.63, 3.8) is 0 Å². The summed E-state index contributed by atoms with van der Waals surface area (Å²) in [7, 11) is 0. The Morgan fingerprint density at radius 1 is 1.10 bits per heavy atom. The molecule has 0 amide bonds. The van der Waals surface area contributed by atoms with Crippen LogP contribution in [0.4, 0.5) is 0 Å². The molecule has 0 spiro atoms. The van der Waals surface area contributed by atoms with Crippen LogP contribution >= 0.6 is 11.8 Å². The van der Waals surface area contributed by atoms with Gasteiger partial charge in [-0.05, 0) is 44.5 Å². The Kier molecular flexibility index (Phi) is 6.36. The Morgan fingerprint density at radius 2 is 1.87 bits per heavy atom. The van der Waals surface area contributed by atoms with Gasteiger partial charge in [0.25, 0.3) is 5.56 Å². The van der Waals surface area contributed by atoms with Crippen LogP contribution < -0.4 is 10.3 Å². The summed E-state index contributed by atoms with van der Waals surface area (Å²) < 4.78 is 12.9. The zero-order chi connectivity index (χ0) is 21.8. The summed E-state index contributed by atoms with van der Waals surface area (Å²) in [6.07, 6.45) is 1.71. The molecule has 31 heavy (non-hydrogen) atoms. The number of benzene rings is 2. The average molecular weight is 437 g/mol. The molecular formula is C23H24N4O3S. The van der Waals surface area contributed by atoms with Crippen LogP contribution in [0.3, 0.4) is 0 Å². The van der Waals surface area contributed by atoms with Crippen molar-refractivity contribution in [3.05, 3.63) is 70.6 Å². The first-order valence-corrected chi connectivity index (χ1v) is 11.2. The maximum Gasteiger partial charge on any atom is 0.266 e. The topological polar surface area (TPSA) is 83.0 Å². The molecule has 0 N–H and O–H groups in total. The molecule has 4 rings (SSSR count). The van der Waals surface area contributed by atoms with Crippen LogP contribution in [0.25, 0.3) is 16.6 Å². The van der Waals surface area contributed by atoms with E-state index in [0.717, 1.165) is 12.8 Å². The quantitative estimate of drug-likeness (QED) is 0.285. The lowest BCUT2D eigenvalue weighted by Crippen LogP contribution is -2.22. The highest BCUT2D eigenvalue weighted by molar-refractivity contribution is 7.99. The third-order valence-corrected chi connectivity index (χ3v) is 5.78. The maximum absolute atomic E-state index is 13.5. The van der Waals surface area contributed by atoms with Crippen molar-refractivity contribution in [2.75, 3.05) is 6.61 Å². The maximum atomic E-state index is 13.5. The van der Waals surface area contributed by atoms with Gasteiger partial charge in [0, 0.05) is 6.42 Å². The van der Waals surface area contributed by atoms with E-state index in [0.29, 0.717) is 45.8 Å². The fourth-order valence-corrected chi connectivity index (χ4v) is 4.24. The summed E-state index contributed by atoms with van der Waals surface area (Å²) in [6.45, 7) is 6.45. The minimum Gasteiger partial charge on any atom is -0.492 e. The molecule has 0 bridgehead atoms. The lowest BCUT2D eigenvalue weighted by Gasteiger charge is -2.17. The lowest BCUT2D eigenvalue weighted by molar-refractivity contribution is 0.338. The number of fused-ring (bicyclic) bond motifs is 1. The first kappa shape index (κ1) is 21.1. The van der Waals surface area contributed by atoms with E-state index >= 15 is 0 Å². The summed E-state index contributed by atoms with van der Waals surface area (Å²) in [5, 5.41) is 4.95. The molecule has 0 aliphatic heterocycles. The van der Waals surface area contributed by atoms with Gasteiger partial charge < -0.3 is 9.26 Å². The predicted octanol–water partition coefficient (Wildman–Crippen LogP) is 4.97. The summed E-state index contributed by atoms with van der Waals surface area (Å²) in [6, 6.07) is 14.8. The van der Waals surface area contributed by atoms with E-state index in [-0.39, 0.29) is 10.8 Å². The number of hydrogen-bond acceptors (Lipinski definition) is 7. The van der Waals surface area contributed by atoms with Crippen molar-refractivity contribution >= 4 is 22.7 Å². The van der Waals surface area contributed by atoms with Gasteiger partial charge in [-0.15, -0.1) is 0 Å². The van der Waals surface area contributed by atoms with Gasteiger partial charge in [-0.2, -0.15) is 4.98 Å². The van der Waals surface area contributed by atoms with E-state index in [1.807, 2.05) is 56.3 Å².